The Morgan fingerprint density at radius 2 is 1.88 bits per heavy atom. The van der Waals surface area contributed by atoms with Crippen LogP contribution in [-0.2, 0) is 16.1 Å². The van der Waals surface area contributed by atoms with Crippen LogP contribution < -0.4 is 16.0 Å². The number of benzene rings is 1. The van der Waals surface area contributed by atoms with E-state index in [2.05, 4.69) is 26.3 Å². The minimum Gasteiger partial charge on any atom is -0.391 e. The maximum atomic E-state index is 13.5. The molecule has 1 aromatic heterocycles. The highest BCUT2D eigenvalue weighted by Gasteiger charge is 2.44. The summed E-state index contributed by atoms with van der Waals surface area (Å²) in [5.74, 6) is -0.639. The first kappa shape index (κ1) is 25.2. The third-order valence-electron chi connectivity index (χ3n) is 5.73. The summed E-state index contributed by atoms with van der Waals surface area (Å²) in [6.45, 7) is 7.84. The molecular formula is C23H33N7O4. The summed E-state index contributed by atoms with van der Waals surface area (Å²) in [5.41, 5.74) is 1.68. The average Bonchev–Trinajstić information content (AvgIpc) is 3.39. The van der Waals surface area contributed by atoms with Gasteiger partial charge in [0.25, 0.3) is 0 Å². The zero-order valence-corrected chi connectivity index (χ0v) is 20.2. The Hall–Kier alpha value is -3.47. The van der Waals surface area contributed by atoms with Crippen LogP contribution in [0.4, 0.5) is 10.5 Å². The number of hydrogen-bond acceptors (Lipinski definition) is 6. The highest BCUT2D eigenvalue weighted by Crippen LogP contribution is 2.34. The van der Waals surface area contributed by atoms with Gasteiger partial charge in [-0.15, -0.1) is 5.10 Å². The molecule has 2 unspecified atom stereocenters. The normalized spacial score (nSPS) is 18.9. The van der Waals surface area contributed by atoms with Gasteiger partial charge in [0.2, 0.25) is 11.8 Å². The van der Waals surface area contributed by atoms with Crippen LogP contribution in [0.15, 0.2) is 30.5 Å². The van der Waals surface area contributed by atoms with Crippen molar-refractivity contribution in [2.75, 3.05) is 18.9 Å². The number of amides is 4. The zero-order chi connectivity index (χ0) is 25.0. The van der Waals surface area contributed by atoms with Crippen LogP contribution in [0, 0.1) is 12.3 Å². The second-order valence-electron chi connectivity index (χ2n) is 9.64. The number of aryl methyl sites for hydroxylation is 1. The molecule has 1 aliphatic heterocycles. The van der Waals surface area contributed by atoms with E-state index in [9.17, 15) is 19.5 Å². The predicted molar refractivity (Wildman–Crippen MR) is 126 cm³/mol. The zero-order valence-electron chi connectivity index (χ0n) is 20.2. The molecule has 0 bridgehead atoms. The lowest BCUT2D eigenvalue weighted by Gasteiger charge is -2.34. The fraction of sp³-hybridized carbons (Fsp3) is 0.522. The number of nitrogens with one attached hydrogen (secondary N) is 3. The number of nitrogens with zero attached hydrogens (tertiary/aromatic N) is 4. The number of carbonyl (C=O) groups excluding carboxylic acids is 3. The van der Waals surface area contributed by atoms with Gasteiger partial charge in [0, 0.05) is 25.7 Å². The Kier molecular flexibility index (Phi) is 7.55. The number of β-amino-alcohol motifs (C(OH)–C–C–N with tert-alkyl or cyclic N) is 1. The average molecular weight is 472 g/mol. The summed E-state index contributed by atoms with van der Waals surface area (Å²) in [4.78, 5) is 39.4. The lowest BCUT2D eigenvalue weighted by Crippen LogP contribution is -2.49. The van der Waals surface area contributed by atoms with E-state index in [0.717, 1.165) is 5.56 Å². The Balaban J connectivity index is 1.70. The molecule has 0 saturated carbocycles. The van der Waals surface area contributed by atoms with E-state index in [1.165, 1.54) is 16.6 Å². The number of anilines is 1. The number of aliphatic hydroxyl groups is 1. The molecule has 184 valence electrons. The van der Waals surface area contributed by atoms with Crippen LogP contribution in [0.25, 0.3) is 0 Å². The van der Waals surface area contributed by atoms with Gasteiger partial charge < -0.3 is 26.0 Å². The number of aromatic nitrogens is 3. The van der Waals surface area contributed by atoms with Crippen LogP contribution in [0.5, 0.6) is 0 Å². The van der Waals surface area contributed by atoms with Gasteiger partial charge >= 0.3 is 6.03 Å². The van der Waals surface area contributed by atoms with Crippen LogP contribution in [0.3, 0.4) is 0 Å². The van der Waals surface area contributed by atoms with Crippen LogP contribution in [0.1, 0.15) is 44.5 Å². The number of urea groups is 1. The molecule has 4 N–H and O–H groups in total. The van der Waals surface area contributed by atoms with Gasteiger partial charge in [-0.1, -0.05) is 43.7 Å². The lowest BCUT2D eigenvalue weighted by atomic mass is 9.85. The van der Waals surface area contributed by atoms with Crippen molar-refractivity contribution in [3.05, 3.63) is 41.7 Å². The van der Waals surface area contributed by atoms with E-state index in [1.54, 1.807) is 6.20 Å². The maximum Gasteiger partial charge on any atom is 0.319 e. The summed E-state index contributed by atoms with van der Waals surface area (Å²) in [5, 5.41) is 26.4. The van der Waals surface area contributed by atoms with Gasteiger partial charge in [-0.3, -0.25) is 9.59 Å². The van der Waals surface area contributed by atoms with Gasteiger partial charge in [0.1, 0.15) is 17.8 Å². The molecule has 0 aliphatic carbocycles. The first-order chi connectivity index (χ1) is 16.0. The Morgan fingerprint density at radius 3 is 2.50 bits per heavy atom. The number of likely N-dealkylation sites (tertiary alicyclic amines) is 1. The molecule has 34 heavy (non-hydrogen) atoms. The topological polar surface area (TPSA) is 141 Å². The molecule has 0 spiro atoms. The fourth-order valence-corrected chi connectivity index (χ4v) is 4.01. The molecule has 1 saturated heterocycles. The third-order valence-corrected chi connectivity index (χ3v) is 5.73. The molecule has 2 aromatic rings. The van der Waals surface area contributed by atoms with Crippen molar-refractivity contribution < 1.29 is 19.5 Å². The predicted octanol–water partition coefficient (Wildman–Crippen LogP) is 1.20. The number of likely N-dealkylation sites (N-methyl/N-ethyl adjacent to an activating group) is 1. The molecular weight excluding hydrogens is 438 g/mol. The Morgan fingerprint density at radius 1 is 1.21 bits per heavy atom. The highest BCUT2D eigenvalue weighted by molar-refractivity contribution is 5.90. The van der Waals surface area contributed by atoms with E-state index in [-0.39, 0.29) is 37.4 Å². The second kappa shape index (κ2) is 10.2. The van der Waals surface area contributed by atoms with E-state index in [4.69, 9.17) is 0 Å². The minimum absolute atomic E-state index is 0.0752. The van der Waals surface area contributed by atoms with E-state index in [1.807, 2.05) is 52.0 Å². The van der Waals surface area contributed by atoms with E-state index < -0.39 is 23.6 Å². The largest absolute Gasteiger partial charge is 0.391 e. The lowest BCUT2D eigenvalue weighted by molar-refractivity contribution is -0.144. The molecule has 2 heterocycles. The van der Waals surface area contributed by atoms with E-state index >= 15 is 0 Å². The fourth-order valence-electron chi connectivity index (χ4n) is 4.01. The van der Waals surface area contributed by atoms with Crippen LogP contribution in [0.2, 0.25) is 0 Å². The molecule has 4 amide bonds. The number of aliphatic hydroxyl groups excluding tert-OH is 1. The summed E-state index contributed by atoms with van der Waals surface area (Å²) >= 11 is 0. The van der Waals surface area contributed by atoms with E-state index in [0.29, 0.717) is 11.4 Å². The van der Waals surface area contributed by atoms with Crippen molar-refractivity contribution in [3.8, 4) is 0 Å². The summed E-state index contributed by atoms with van der Waals surface area (Å²) in [7, 11) is 1.50. The van der Waals surface area contributed by atoms with Crippen molar-refractivity contribution in [1.29, 1.82) is 0 Å². The van der Waals surface area contributed by atoms with Crippen molar-refractivity contribution in [2.24, 2.45) is 5.41 Å². The van der Waals surface area contributed by atoms with Gasteiger partial charge in [0.15, 0.2) is 0 Å². The molecule has 11 nitrogen and oxygen atoms in total. The van der Waals surface area contributed by atoms with Gasteiger partial charge in [-0.05, 0) is 24.5 Å². The Labute approximate surface area is 198 Å². The highest BCUT2D eigenvalue weighted by atomic mass is 16.3. The number of carbonyl (C=O) groups is 3. The molecule has 3 atom stereocenters. The number of rotatable bonds is 6. The van der Waals surface area contributed by atoms with Crippen molar-refractivity contribution in [1.82, 2.24) is 30.5 Å². The first-order valence-corrected chi connectivity index (χ1v) is 11.2. The van der Waals surface area contributed by atoms with Crippen LogP contribution >= 0.6 is 0 Å². The summed E-state index contributed by atoms with van der Waals surface area (Å²) in [6, 6.07) is 5.54. The summed E-state index contributed by atoms with van der Waals surface area (Å²) < 4.78 is 1.46. The molecule has 11 heteroatoms. The SMILES string of the molecule is CNC(=O)C1CC(O)CN1C(=O)[C@@H](n1cc(CNC(=O)Nc2ccc(C)cc2)nn1)C(C)(C)C. The van der Waals surface area contributed by atoms with Crippen LogP contribution in [-0.4, -0.2) is 68.6 Å². The van der Waals surface area contributed by atoms with Crippen molar-refractivity contribution in [2.45, 2.75) is 58.8 Å². The van der Waals surface area contributed by atoms with Crippen molar-refractivity contribution in [3.63, 3.8) is 0 Å². The van der Waals surface area contributed by atoms with Gasteiger partial charge in [0.05, 0.1) is 18.8 Å². The Bertz CT molecular complexity index is 1030. The third kappa shape index (κ3) is 5.90. The number of hydrogen-bond donors (Lipinski definition) is 4. The minimum atomic E-state index is -0.769. The van der Waals surface area contributed by atoms with Gasteiger partial charge in [-0.2, -0.15) is 0 Å². The second-order valence-corrected chi connectivity index (χ2v) is 9.64. The molecule has 1 aliphatic rings. The quantitative estimate of drug-likeness (QED) is 0.499. The first-order valence-electron chi connectivity index (χ1n) is 11.2. The monoisotopic (exact) mass is 471 g/mol. The standard InChI is InChI=1S/C23H33N7O4/c1-14-6-8-15(9-7-14)26-22(34)25-11-16-12-30(28-27-16)19(23(2,3)4)21(33)29-13-17(31)10-18(29)20(32)24-5/h6-9,12,17-19,31H,10-11,13H2,1-5H3,(H,24,32)(H2,25,26,34)/t17?,18?,19-/m1/s1. The smallest absolute Gasteiger partial charge is 0.319 e. The summed E-state index contributed by atoms with van der Waals surface area (Å²) in [6.07, 6.45) is 1.03. The molecule has 0 radical (unpaired) electrons. The maximum absolute atomic E-state index is 13.5. The molecule has 1 aromatic carbocycles. The van der Waals surface area contributed by atoms with Crippen molar-refractivity contribution >= 4 is 23.5 Å². The van der Waals surface area contributed by atoms with Gasteiger partial charge in [-0.25, -0.2) is 9.48 Å². The molecule has 1 fully saturated rings. The molecule has 3 rings (SSSR count).